The van der Waals surface area contributed by atoms with Crippen molar-refractivity contribution in [1.82, 2.24) is 9.88 Å². The minimum atomic E-state index is -4.44. The molecule has 2 heterocycles. The third-order valence-electron chi connectivity index (χ3n) is 4.96. The molecule has 0 bridgehead atoms. The first-order valence-corrected chi connectivity index (χ1v) is 9.10. The lowest BCUT2D eigenvalue weighted by Gasteiger charge is -2.36. The number of likely N-dealkylation sites (tertiary alicyclic amines) is 1. The van der Waals surface area contributed by atoms with Gasteiger partial charge in [-0.15, -0.1) is 0 Å². The summed E-state index contributed by atoms with van der Waals surface area (Å²) in [5.41, 5.74) is -1.30. The molecule has 1 aliphatic carbocycles. The molecule has 0 spiro atoms. The van der Waals surface area contributed by atoms with Crippen molar-refractivity contribution < 1.29 is 27.4 Å². The summed E-state index contributed by atoms with van der Waals surface area (Å²) in [6, 6.07) is 1.11. The molecule has 5 nitrogen and oxygen atoms in total. The first-order chi connectivity index (χ1) is 12.4. The fourth-order valence-electron chi connectivity index (χ4n) is 3.49. The van der Waals surface area contributed by atoms with E-state index < -0.39 is 17.3 Å². The van der Waals surface area contributed by atoms with Crippen LogP contribution in [0.5, 0.6) is 5.88 Å². The number of aryl methyl sites for hydroxylation is 1. The molecule has 1 aromatic rings. The maximum atomic E-state index is 12.8. The molecule has 2 aliphatic rings. The molecule has 1 saturated carbocycles. The number of hydrogen-bond acceptors (Lipinski definition) is 4. The lowest BCUT2D eigenvalue weighted by Crippen LogP contribution is -2.49. The molecule has 3 unspecified atom stereocenters. The zero-order valence-electron chi connectivity index (χ0n) is 16.0. The topological polar surface area (TPSA) is 51.7 Å². The van der Waals surface area contributed by atoms with Crippen molar-refractivity contribution in [2.75, 3.05) is 13.2 Å². The predicted octanol–water partition coefficient (Wildman–Crippen LogP) is 4.43. The molecule has 27 heavy (non-hydrogen) atoms. The highest BCUT2D eigenvalue weighted by molar-refractivity contribution is 5.69. The molecule has 0 radical (unpaired) electrons. The van der Waals surface area contributed by atoms with Crippen LogP contribution in [0, 0.1) is 18.8 Å². The Balaban J connectivity index is 1.66. The highest BCUT2D eigenvalue weighted by Crippen LogP contribution is 2.47. The van der Waals surface area contributed by atoms with E-state index in [0.29, 0.717) is 18.4 Å². The van der Waals surface area contributed by atoms with Crippen molar-refractivity contribution in [2.45, 2.75) is 58.4 Å². The number of nitrogens with zero attached hydrogens (tertiary/aromatic N) is 2. The Morgan fingerprint density at radius 3 is 2.56 bits per heavy atom. The summed E-state index contributed by atoms with van der Waals surface area (Å²) in [5, 5.41) is 0. The van der Waals surface area contributed by atoms with E-state index in [1.165, 1.54) is 13.0 Å². The Bertz CT molecular complexity index is 715. The quantitative estimate of drug-likeness (QED) is 0.771. The van der Waals surface area contributed by atoms with Gasteiger partial charge in [0.1, 0.15) is 12.2 Å². The number of hydrogen-bond donors (Lipinski definition) is 0. The summed E-state index contributed by atoms with van der Waals surface area (Å²) in [6.07, 6.45) is -2.13. The lowest BCUT2D eigenvalue weighted by atomic mass is 10.0. The zero-order chi connectivity index (χ0) is 20.0. The first kappa shape index (κ1) is 19.8. The van der Waals surface area contributed by atoms with E-state index >= 15 is 0 Å². The van der Waals surface area contributed by atoms with Crippen molar-refractivity contribution in [3.8, 4) is 5.88 Å². The minimum Gasteiger partial charge on any atom is -0.475 e. The number of pyridine rings is 1. The van der Waals surface area contributed by atoms with Crippen LogP contribution in [0.4, 0.5) is 18.0 Å². The molecule has 3 atom stereocenters. The molecule has 0 N–H and O–H groups in total. The van der Waals surface area contributed by atoms with Crippen LogP contribution in [-0.2, 0) is 10.9 Å². The van der Waals surface area contributed by atoms with Gasteiger partial charge in [0.2, 0.25) is 5.88 Å². The third-order valence-corrected chi connectivity index (χ3v) is 4.96. The van der Waals surface area contributed by atoms with Crippen molar-refractivity contribution in [2.24, 2.45) is 11.8 Å². The van der Waals surface area contributed by atoms with Crippen LogP contribution in [0.25, 0.3) is 0 Å². The van der Waals surface area contributed by atoms with Gasteiger partial charge in [0.25, 0.3) is 0 Å². The Hall–Kier alpha value is -1.99. The van der Waals surface area contributed by atoms with Crippen LogP contribution in [0.2, 0.25) is 0 Å². The summed E-state index contributed by atoms with van der Waals surface area (Å²) in [5.74, 6) is 1.22. The van der Waals surface area contributed by atoms with E-state index in [9.17, 15) is 18.0 Å². The van der Waals surface area contributed by atoms with Crippen molar-refractivity contribution in [1.29, 1.82) is 0 Å². The number of carbonyl (C=O) groups is 1. The molecule has 2 fully saturated rings. The number of fused-ring (bicyclic) bond motifs is 1. The van der Waals surface area contributed by atoms with E-state index in [1.807, 2.05) is 20.8 Å². The van der Waals surface area contributed by atoms with E-state index in [4.69, 9.17) is 9.47 Å². The highest BCUT2D eigenvalue weighted by atomic mass is 19.4. The van der Waals surface area contributed by atoms with Gasteiger partial charge in [0.05, 0.1) is 11.6 Å². The summed E-state index contributed by atoms with van der Waals surface area (Å²) in [7, 11) is 0. The first-order valence-electron chi connectivity index (χ1n) is 9.10. The highest BCUT2D eigenvalue weighted by Gasteiger charge is 2.48. The van der Waals surface area contributed by atoms with Gasteiger partial charge in [-0.05, 0) is 57.9 Å². The van der Waals surface area contributed by atoms with E-state index in [1.54, 1.807) is 4.90 Å². The minimum absolute atomic E-state index is 0.0578. The van der Waals surface area contributed by atoms with Gasteiger partial charge in [-0.1, -0.05) is 0 Å². The van der Waals surface area contributed by atoms with E-state index in [0.717, 1.165) is 19.0 Å². The Labute approximate surface area is 156 Å². The molecule has 1 amide bonds. The molecule has 1 aliphatic heterocycles. The number of ether oxygens (including phenoxy) is 2. The number of rotatable bonds is 3. The normalized spacial score (nSPS) is 25.0. The molecule has 1 saturated heterocycles. The van der Waals surface area contributed by atoms with Gasteiger partial charge in [0, 0.05) is 18.8 Å². The SMILES string of the molecule is Cc1cc(OCC2CC3CC3CN2C(=O)OC(C)(C)C)ncc1C(F)(F)F. The average Bonchev–Trinajstić information content (AvgIpc) is 3.27. The molecule has 1 aromatic heterocycles. The second kappa shape index (κ2) is 6.87. The van der Waals surface area contributed by atoms with Crippen molar-refractivity contribution >= 4 is 6.09 Å². The van der Waals surface area contributed by atoms with E-state index in [2.05, 4.69) is 4.98 Å². The summed E-state index contributed by atoms with van der Waals surface area (Å²) in [4.78, 5) is 18.0. The molecule has 3 rings (SSSR count). The second-order valence-corrected chi connectivity index (χ2v) is 8.42. The maximum Gasteiger partial charge on any atom is 0.418 e. The van der Waals surface area contributed by atoms with Crippen molar-refractivity contribution in [3.63, 3.8) is 0 Å². The van der Waals surface area contributed by atoms with Crippen LogP contribution in [-0.4, -0.2) is 40.8 Å². The third kappa shape index (κ3) is 4.84. The predicted molar refractivity (Wildman–Crippen MR) is 92.4 cm³/mol. The lowest BCUT2D eigenvalue weighted by molar-refractivity contribution is -0.138. The molecular weight excluding hydrogens is 361 g/mol. The monoisotopic (exact) mass is 386 g/mol. The van der Waals surface area contributed by atoms with E-state index in [-0.39, 0.29) is 30.2 Å². The summed E-state index contributed by atoms with van der Waals surface area (Å²) < 4.78 is 49.7. The van der Waals surface area contributed by atoms with Crippen molar-refractivity contribution in [3.05, 3.63) is 23.4 Å². The standard InChI is InChI=1S/C19H25F3N2O3/c1-11-5-16(23-8-15(11)19(20,21)22)26-10-14-7-12-6-13(12)9-24(14)17(25)27-18(2,3)4/h5,8,12-14H,6-7,9-10H2,1-4H3. The van der Waals surface area contributed by atoms with Gasteiger partial charge in [-0.3, -0.25) is 0 Å². The Morgan fingerprint density at radius 2 is 1.96 bits per heavy atom. The van der Waals surface area contributed by atoms with Crippen LogP contribution in [0.1, 0.15) is 44.7 Å². The van der Waals surface area contributed by atoms with Gasteiger partial charge in [0.15, 0.2) is 0 Å². The number of carbonyl (C=O) groups excluding carboxylic acids is 1. The Kier molecular flexibility index (Phi) is 5.03. The fraction of sp³-hybridized carbons (Fsp3) is 0.684. The second-order valence-electron chi connectivity index (χ2n) is 8.42. The summed E-state index contributed by atoms with van der Waals surface area (Å²) in [6.45, 7) is 7.63. The largest absolute Gasteiger partial charge is 0.475 e. The van der Waals surface area contributed by atoms with Crippen LogP contribution < -0.4 is 4.74 Å². The Morgan fingerprint density at radius 1 is 1.26 bits per heavy atom. The van der Waals surface area contributed by atoms with Gasteiger partial charge in [-0.25, -0.2) is 9.78 Å². The van der Waals surface area contributed by atoms with Crippen LogP contribution >= 0.6 is 0 Å². The molecule has 8 heteroatoms. The summed E-state index contributed by atoms with van der Waals surface area (Å²) >= 11 is 0. The van der Waals surface area contributed by atoms with Gasteiger partial charge in [-0.2, -0.15) is 13.2 Å². The maximum absolute atomic E-state index is 12.8. The number of alkyl halides is 3. The number of aromatic nitrogens is 1. The number of piperidine rings is 1. The number of halogens is 3. The fourth-order valence-corrected chi connectivity index (χ4v) is 3.49. The van der Waals surface area contributed by atoms with Gasteiger partial charge < -0.3 is 14.4 Å². The smallest absolute Gasteiger partial charge is 0.418 e. The molecule has 0 aromatic carbocycles. The van der Waals surface area contributed by atoms with Crippen LogP contribution in [0.3, 0.4) is 0 Å². The average molecular weight is 386 g/mol. The van der Waals surface area contributed by atoms with Crippen LogP contribution in [0.15, 0.2) is 12.3 Å². The molecular formula is C19H25F3N2O3. The zero-order valence-corrected chi connectivity index (χ0v) is 16.0. The van der Waals surface area contributed by atoms with Gasteiger partial charge >= 0.3 is 12.3 Å². The molecule has 150 valence electrons. The number of amides is 1.